The Morgan fingerprint density at radius 1 is 1.40 bits per heavy atom. The predicted octanol–water partition coefficient (Wildman–Crippen LogP) is 0.259. The Labute approximate surface area is 85.3 Å². The number of urea groups is 1. The standard InChI is InChI=1S/C9H10N2O4/c10-9(15)11-4-6-3-5(8(13)14)1-2-7(6)12/h1-3,12H,4H2,(H,13,14)(H3,10,11,15). The van der Waals surface area contributed by atoms with Gasteiger partial charge in [-0.1, -0.05) is 0 Å². The number of carboxylic acid groups (broad SMARTS) is 1. The number of hydrogen-bond donors (Lipinski definition) is 4. The minimum atomic E-state index is -1.10. The molecular weight excluding hydrogens is 200 g/mol. The number of hydrogen-bond acceptors (Lipinski definition) is 3. The average Bonchev–Trinajstić information content (AvgIpc) is 2.16. The molecule has 0 aliphatic rings. The van der Waals surface area contributed by atoms with Crippen molar-refractivity contribution < 1.29 is 19.8 Å². The Morgan fingerprint density at radius 2 is 2.07 bits per heavy atom. The number of phenolic OH excluding ortho intramolecular Hbond substituents is 1. The second kappa shape index (κ2) is 4.32. The number of nitrogens with two attached hydrogens (primary N) is 1. The van der Waals surface area contributed by atoms with Crippen molar-refractivity contribution in [2.24, 2.45) is 5.73 Å². The van der Waals surface area contributed by atoms with Crippen molar-refractivity contribution in [2.75, 3.05) is 0 Å². The van der Waals surface area contributed by atoms with E-state index >= 15 is 0 Å². The maximum absolute atomic E-state index is 10.6. The van der Waals surface area contributed by atoms with Gasteiger partial charge in [0, 0.05) is 12.1 Å². The predicted molar refractivity (Wildman–Crippen MR) is 51.5 cm³/mol. The number of carbonyl (C=O) groups is 2. The Balaban J connectivity index is 2.90. The number of primary amides is 1. The second-order valence-electron chi connectivity index (χ2n) is 2.87. The molecule has 0 aliphatic carbocycles. The monoisotopic (exact) mass is 210 g/mol. The number of aromatic carboxylic acids is 1. The number of benzene rings is 1. The van der Waals surface area contributed by atoms with Gasteiger partial charge in [0.15, 0.2) is 0 Å². The van der Waals surface area contributed by atoms with Crippen molar-refractivity contribution in [3.8, 4) is 5.75 Å². The van der Waals surface area contributed by atoms with E-state index in [1.54, 1.807) is 0 Å². The highest BCUT2D eigenvalue weighted by Gasteiger charge is 2.07. The highest BCUT2D eigenvalue weighted by Crippen LogP contribution is 2.18. The summed E-state index contributed by atoms with van der Waals surface area (Å²) in [5.41, 5.74) is 5.18. The first-order chi connectivity index (χ1) is 7.00. The largest absolute Gasteiger partial charge is 0.508 e. The molecule has 80 valence electrons. The van der Waals surface area contributed by atoms with Crippen molar-refractivity contribution in [3.05, 3.63) is 29.3 Å². The molecule has 0 radical (unpaired) electrons. The summed E-state index contributed by atoms with van der Waals surface area (Å²) in [5, 5.41) is 20.3. The minimum absolute atomic E-state index is 0.0116. The first-order valence-electron chi connectivity index (χ1n) is 4.09. The lowest BCUT2D eigenvalue weighted by Gasteiger charge is -2.05. The van der Waals surface area contributed by atoms with Crippen molar-refractivity contribution in [1.82, 2.24) is 5.32 Å². The van der Waals surface area contributed by atoms with Gasteiger partial charge < -0.3 is 21.3 Å². The molecule has 0 saturated heterocycles. The van der Waals surface area contributed by atoms with Gasteiger partial charge in [-0.25, -0.2) is 9.59 Å². The molecular formula is C9H10N2O4. The summed E-state index contributed by atoms with van der Waals surface area (Å²) < 4.78 is 0. The third-order valence-electron chi connectivity index (χ3n) is 1.78. The fourth-order valence-electron chi connectivity index (χ4n) is 1.04. The number of aromatic hydroxyl groups is 1. The maximum Gasteiger partial charge on any atom is 0.335 e. The Bertz CT molecular complexity index is 403. The number of nitrogens with one attached hydrogen (secondary N) is 1. The fourth-order valence-corrected chi connectivity index (χ4v) is 1.04. The van der Waals surface area contributed by atoms with Crippen LogP contribution in [0.1, 0.15) is 15.9 Å². The van der Waals surface area contributed by atoms with Crippen molar-refractivity contribution in [1.29, 1.82) is 0 Å². The Hall–Kier alpha value is -2.24. The van der Waals surface area contributed by atoms with Gasteiger partial charge in [0.05, 0.1) is 5.56 Å². The molecule has 0 fully saturated rings. The topological polar surface area (TPSA) is 113 Å². The lowest BCUT2D eigenvalue weighted by atomic mass is 10.1. The maximum atomic E-state index is 10.6. The SMILES string of the molecule is NC(=O)NCc1cc(C(=O)O)ccc1O. The molecule has 15 heavy (non-hydrogen) atoms. The van der Waals surface area contributed by atoms with E-state index in [1.807, 2.05) is 0 Å². The van der Waals surface area contributed by atoms with E-state index < -0.39 is 12.0 Å². The Kier molecular flexibility index (Phi) is 3.12. The molecule has 0 spiro atoms. The van der Waals surface area contributed by atoms with Crippen LogP contribution in [-0.4, -0.2) is 22.2 Å². The van der Waals surface area contributed by atoms with E-state index in [1.165, 1.54) is 18.2 Å². The van der Waals surface area contributed by atoms with Crippen LogP contribution in [0.25, 0.3) is 0 Å². The summed E-state index contributed by atoms with van der Waals surface area (Å²) in [5.74, 6) is -1.19. The average molecular weight is 210 g/mol. The molecule has 5 N–H and O–H groups in total. The molecule has 6 heteroatoms. The third kappa shape index (κ3) is 2.87. The molecule has 1 rings (SSSR count). The van der Waals surface area contributed by atoms with E-state index in [2.05, 4.69) is 5.32 Å². The van der Waals surface area contributed by atoms with Gasteiger partial charge in [-0.05, 0) is 18.2 Å². The molecule has 0 unspecified atom stereocenters. The summed E-state index contributed by atoms with van der Waals surface area (Å²) in [6.45, 7) is -0.0116. The number of amides is 2. The van der Waals surface area contributed by atoms with Crippen LogP contribution >= 0.6 is 0 Å². The van der Waals surface area contributed by atoms with E-state index in [4.69, 9.17) is 10.8 Å². The van der Waals surface area contributed by atoms with Crippen LogP contribution < -0.4 is 11.1 Å². The van der Waals surface area contributed by atoms with Gasteiger partial charge in [-0.15, -0.1) is 0 Å². The molecule has 0 aromatic heterocycles. The van der Waals surface area contributed by atoms with Crippen molar-refractivity contribution in [3.63, 3.8) is 0 Å². The first kappa shape index (κ1) is 10.8. The summed E-state index contributed by atoms with van der Waals surface area (Å²) >= 11 is 0. The molecule has 6 nitrogen and oxygen atoms in total. The fraction of sp³-hybridized carbons (Fsp3) is 0.111. The molecule has 2 amide bonds. The third-order valence-corrected chi connectivity index (χ3v) is 1.78. The van der Waals surface area contributed by atoms with Crippen LogP contribution in [0.5, 0.6) is 5.75 Å². The van der Waals surface area contributed by atoms with Crippen LogP contribution in [0.2, 0.25) is 0 Å². The van der Waals surface area contributed by atoms with Gasteiger partial charge in [-0.2, -0.15) is 0 Å². The van der Waals surface area contributed by atoms with Crippen molar-refractivity contribution >= 4 is 12.0 Å². The first-order valence-corrected chi connectivity index (χ1v) is 4.09. The van der Waals surface area contributed by atoms with Crippen LogP contribution in [0, 0.1) is 0 Å². The smallest absolute Gasteiger partial charge is 0.335 e. The Morgan fingerprint density at radius 3 is 2.60 bits per heavy atom. The highest BCUT2D eigenvalue weighted by atomic mass is 16.4. The van der Waals surface area contributed by atoms with Gasteiger partial charge in [0.1, 0.15) is 5.75 Å². The van der Waals surface area contributed by atoms with Gasteiger partial charge in [-0.3, -0.25) is 0 Å². The van der Waals surface area contributed by atoms with Crippen molar-refractivity contribution in [2.45, 2.75) is 6.54 Å². The quantitative estimate of drug-likeness (QED) is 0.573. The van der Waals surface area contributed by atoms with Gasteiger partial charge in [0.25, 0.3) is 0 Å². The number of carboxylic acids is 1. The van der Waals surface area contributed by atoms with E-state index in [9.17, 15) is 14.7 Å². The molecule has 0 saturated carbocycles. The molecule has 0 bridgehead atoms. The van der Waals surface area contributed by atoms with Gasteiger partial charge in [0.2, 0.25) is 0 Å². The van der Waals surface area contributed by atoms with E-state index in [-0.39, 0.29) is 17.9 Å². The normalized spacial score (nSPS) is 9.60. The molecule has 1 aromatic rings. The van der Waals surface area contributed by atoms with Crippen LogP contribution in [0.4, 0.5) is 4.79 Å². The number of rotatable bonds is 3. The number of carbonyl (C=O) groups excluding carboxylic acids is 1. The molecule has 0 atom stereocenters. The van der Waals surface area contributed by atoms with Crippen LogP contribution in [0.15, 0.2) is 18.2 Å². The summed E-state index contributed by atoms with van der Waals surface area (Å²) in [7, 11) is 0. The second-order valence-corrected chi connectivity index (χ2v) is 2.87. The minimum Gasteiger partial charge on any atom is -0.508 e. The van der Waals surface area contributed by atoms with E-state index in [0.29, 0.717) is 5.56 Å². The summed E-state index contributed by atoms with van der Waals surface area (Å²) in [6.07, 6.45) is 0. The molecule has 0 aliphatic heterocycles. The lowest BCUT2D eigenvalue weighted by Crippen LogP contribution is -2.28. The van der Waals surface area contributed by atoms with Crippen LogP contribution in [-0.2, 0) is 6.54 Å². The van der Waals surface area contributed by atoms with Gasteiger partial charge >= 0.3 is 12.0 Å². The zero-order valence-electron chi connectivity index (χ0n) is 7.73. The zero-order valence-corrected chi connectivity index (χ0v) is 7.73. The lowest BCUT2D eigenvalue weighted by molar-refractivity contribution is 0.0696. The highest BCUT2D eigenvalue weighted by molar-refractivity contribution is 5.88. The molecule has 0 heterocycles. The summed E-state index contributed by atoms with van der Waals surface area (Å²) in [6, 6.07) is 3.05. The summed E-state index contributed by atoms with van der Waals surface area (Å²) in [4.78, 5) is 21.0. The molecule has 1 aromatic carbocycles. The van der Waals surface area contributed by atoms with E-state index in [0.717, 1.165) is 0 Å². The zero-order chi connectivity index (χ0) is 11.4. The number of phenols is 1. The van der Waals surface area contributed by atoms with Crippen LogP contribution in [0.3, 0.4) is 0 Å².